The van der Waals surface area contributed by atoms with Gasteiger partial charge in [0, 0.05) is 13.8 Å². The highest BCUT2D eigenvalue weighted by Gasteiger charge is 2.19. The lowest BCUT2D eigenvalue weighted by molar-refractivity contribution is 0.790. The van der Waals surface area contributed by atoms with E-state index in [1.54, 1.807) is 13.8 Å². The Morgan fingerprint density at radius 3 is 2.14 bits per heavy atom. The van der Waals surface area contributed by atoms with Gasteiger partial charge in [-0.1, -0.05) is 0 Å². The fraction of sp³-hybridized carbons (Fsp3) is 0.600. The molecule has 0 aromatic carbocycles. The molecule has 36 valence electrons. The fourth-order valence-electron chi connectivity index (χ4n) is 0.0250. The van der Waals surface area contributed by atoms with Crippen molar-refractivity contribution < 1.29 is 0 Å². The third kappa shape index (κ3) is 1.78. The molecule has 0 aliphatic rings. The van der Waals surface area contributed by atoms with Crippen LogP contribution in [-0.2, 0) is 0 Å². The third-order valence-electron chi connectivity index (χ3n) is 0.553. The zero-order valence-corrected chi connectivity index (χ0v) is 4.39. The van der Waals surface area contributed by atoms with Crippen LogP contribution in [0.4, 0.5) is 0 Å². The summed E-state index contributed by atoms with van der Waals surface area (Å²) in [4.78, 5) is 3.03. The van der Waals surface area contributed by atoms with Crippen LogP contribution in [0.3, 0.4) is 0 Å². The lowest BCUT2D eigenvalue weighted by atomic mass is 10.1. The van der Waals surface area contributed by atoms with Crippen LogP contribution in [0.15, 0.2) is 0 Å². The van der Waals surface area contributed by atoms with Crippen LogP contribution in [0.1, 0.15) is 13.8 Å². The Bertz CT molecular complexity index is 117. The lowest BCUT2D eigenvalue weighted by Gasteiger charge is -1.93. The molecule has 0 spiro atoms. The first-order chi connectivity index (χ1) is 3.12. The molecule has 0 radical (unpaired) electrons. The SMILES string of the molecule is [C-]#[N+]C(C)(C)C#N. The summed E-state index contributed by atoms with van der Waals surface area (Å²) in [5.41, 5.74) is -0.819. The summed E-state index contributed by atoms with van der Waals surface area (Å²) < 4.78 is 0. The molecule has 2 nitrogen and oxygen atoms in total. The molecule has 0 atom stereocenters. The van der Waals surface area contributed by atoms with E-state index in [4.69, 9.17) is 11.8 Å². The Balaban J connectivity index is 4.00. The molecular weight excluding hydrogens is 88.1 g/mol. The van der Waals surface area contributed by atoms with E-state index in [0.29, 0.717) is 0 Å². The molecule has 0 saturated carbocycles. The highest BCUT2D eigenvalue weighted by molar-refractivity contribution is 5.08. The van der Waals surface area contributed by atoms with E-state index in [-0.39, 0.29) is 0 Å². The van der Waals surface area contributed by atoms with Gasteiger partial charge >= 0.3 is 5.54 Å². The van der Waals surface area contributed by atoms with Gasteiger partial charge in [0.2, 0.25) is 0 Å². The van der Waals surface area contributed by atoms with Crippen LogP contribution in [0.5, 0.6) is 0 Å². The molecule has 0 aliphatic heterocycles. The predicted molar refractivity (Wildman–Crippen MR) is 26.3 cm³/mol. The van der Waals surface area contributed by atoms with Gasteiger partial charge in [-0.2, -0.15) is 5.26 Å². The van der Waals surface area contributed by atoms with E-state index in [0.717, 1.165) is 0 Å². The summed E-state index contributed by atoms with van der Waals surface area (Å²) in [5, 5.41) is 8.13. The maximum atomic E-state index is 8.13. The molecule has 0 bridgehead atoms. The minimum atomic E-state index is -0.819. The van der Waals surface area contributed by atoms with E-state index in [9.17, 15) is 0 Å². The maximum Gasteiger partial charge on any atom is 0.310 e. The van der Waals surface area contributed by atoms with Crippen LogP contribution < -0.4 is 0 Å². The van der Waals surface area contributed by atoms with Gasteiger partial charge in [0.25, 0.3) is 0 Å². The second-order valence-electron chi connectivity index (χ2n) is 1.78. The quantitative estimate of drug-likeness (QED) is 0.414. The summed E-state index contributed by atoms with van der Waals surface area (Å²) in [7, 11) is 0. The smallest absolute Gasteiger partial charge is 0.295 e. The molecule has 0 rings (SSSR count). The van der Waals surface area contributed by atoms with Crippen molar-refractivity contribution in [1.29, 1.82) is 5.26 Å². The summed E-state index contributed by atoms with van der Waals surface area (Å²) in [6, 6.07) is 1.84. The van der Waals surface area contributed by atoms with Crippen molar-refractivity contribution in [2.75, 3.05) is 0 Å². The second-order valence-corrected chi connectivity index (χ2v) is 1.78. The van der Waals surface area contributed by atoms with Crippen molar-refractivity contribution >= 4 is 0 Å². The maximum absolute atomic E-state index is 8.13. The van der Waals surface area contributed by atoms with Gasteiger partial charge < -0.3 is 0 Å². The van der Waals surface area contributed by atoms with E-state index in [1.165, 1.54) is 0 Å². The van der Waals surface area contributed by atoms with Crippen LogP contribution in [0, 0.1) is 17.9 Å². The van der Waals surface area contributed by atoms with Crippen LogP contribution in [-0.4, -0.2) is 5.54 Å². The molecule has 0 amide bonds. The van der Waals surface area contributed by atoms with Crippen molar-refractivity contribution in [3.8, 4) is 6.07 Å². The first-order valence-electron chi connectivity index (χ1n) is 1.92. The number of hydrogen-bond acceptors (Lipinski definition) is 1. The average Bonchev–Trinajstić information content (AvgIpc) is 1.68. The number of nitrogens with zero attached hydrogens (tertiary/aromatic N) is 2. The Morgan fingerprint density at radius 1 is 1.71 bits per heavy atom. The van der Waals surface area contributed by atoms with Crippen molar-refractivity contribution in [1.82, 2.24) is 0 Å². The zero-order valence-electron chi connectivity index (χ0n) is 4.39. The van der Waals surface area contributed by atoms with Gasteiger partial charge in [-0.05, 0) is 0 Å². The van der Waals surface area contributed by atoms with Gasteiger partial charge in [0.05, 0.1) is 0 Å². The van der Waals surface area contributed by atoms with E-state index >= 15 is 0 Å². The predicted octanol–water partition coefficient (Wildman–Crippen LogP) is 1.21. The Hall–Kier alpha value is -1.02. The first kappa shape index (κ1) is 5.98. The van der Waals surface area contributed by atoms with Crippen LogP contribution in [0.25, 0.3) is 4.85 Å². The molecule has 0 N–H and O–H groups in total. The van der Waals surface area contributed by atoms with E-state index in [1.807, 2.05) is 6.07 Å². The molecule has 0 fully saturated rings. The van der Waals surface area contributed by atoms with Crippen LogP contribution in [0.2, 0.25) is 0 Å². The van der Waals surface area contributed by atoms with E-state index in [2.05, 4.69) is 4.85 Å². The molecule has 0 heterocycles. The summed E-state index contributed by atoms with van der Waals surface area (Å²) in [6.45, 7) is 9.57. The van der Waals surface area contributed by atoms with Crippen LogP contribution >= 0.6 is 0 Å². The molecular formula is C5H6N2. The molecule has 2 heteroatoms. The number of nitriles is 1. The summed E-state index contributed by atoms with van der Waals surface area (Å²) in [6.07, 6.45) is 0. The minimum Gasteiger partial charge on any atom is -0.295 e. The fourth-order valence-corrected chi connectivity index (χ4v) is 0.0250. The monoisotopic (exact) mass is 94.1 g/mol. The van der Waals surface area contributed by atoms with Gasteiger partial charge in [-0.15, -0.1) is 0 Å². The molecule has 0 aromatic heterocycles. The third-order valence-corrected chi connectivity index (χ3v) is 0.553. The summed E-state index contributed by atoms with van der Waals surface area (Å²) >= 11 is 0. The van der Waals surface area contributed by atoms with Crippen molar-refractivity contribution in [3.05, 3.63) is 11.4 Å². The largest absolute Gasteiger partial charge is 0.310 e. The zero-order chi connectivity index (χ0) is 5.91. The minimum absolute atomic E-state index is 0.819. The normalized spacial score (nSPS) is 9.14. The topological polar surface area (TPSA) is 28.1 Å². The first-order valence-corrected chi connectivity index (χ1v) is 1.92. The number of rotatable bonds is 0. The van der Waals surface area contributed by atoms with Gasteiger partial charge in [-0.25, -0.2) is 6.57 Å². The number of hydrogen-bond donors (Lipinski definition) is 0. The Kier molecular flexibility index (Phi) is 1.38. The van der Waals surface area contributed by atoms with E-state index < -0.39 is 5.54 Å². The Morgan fingerprint density at radius 2 is 2.14 bits per heavy atom. The molecule has 0 unspecified atom stereocenters. The second kappa shape index (κ2) is 1.62. The van der Waals surface area contributed by atoms with Crippen molar-refractivity contribution in [2.45, 2.75) is 19.4 Å². The lowest BCUT2D eigenvalue weighted by Crippen LogP contribution is -2.08. The van der Waals surface area contributed by atoms with Crippen molar-refractivity contribution in [2.24, 2.45) is 0 Å². The molecule has 0 aromatic rings. The standard InChI is InChI=1S/C5H6N2/c1-5(2,4-6)7-3/h1-2H3. The Labute approximate surface area is 43.2 Å². The highest BCUT2D eigenvalue weighted by Crippen LogP contribution is 2.03. The average molecular weight is 94.1 g/mol. The van der Waals surface area contributed by atoms with Gasteiger partial charge in [0.15, 0.2) is 6.07 Å². The molecule has 0 saturated heterocycles. The molecule has 7 heavy (non-hydrogen) atoms. The molecule has 0 aliphatic carbocycles. The summed E-state index contributed by atoms with van der Waals surface area (Å²) in [5.74, 6) is 0. The van der Waals surface area contributed by atoms with Gasteiger partial charge in [0.1, 0.15) is 0 Å². The highest BCUT2D eigenvalue weighted by atomic mass is 14.8. The van der Waals surface area contributed by atoms with Crippen molar-refractivity contribution in [3.63, 3.8) is 0 Å². The van der Waals surface area contributed by atoms with Gasteiger partial charge in [-0.3, -0.25) is 4.85 Å².